The molecule has 2 aromatic rings. The molecule has 0 saturated carbocycles. The lowest BCUT2D eigenvalue weighted by Gasteiger charge is -2.08. The van der Waals surface area contributed by atoms with Gasteiger partial charge in [0.1, 0.15) is 17.4 Å². The van der Waals surface area contributed by atoms with Crippen LogP contribution in [0.5, 0.6) is 5.75 Å². The summed E-state index contributed by atoms with van der Waals surface area (Å²) in [6, 6.07) is 14.1. The number of carbonyl (C=O) groups excluding carboxylic acids is 1. The summed E-state index contributed by atoms with van der Waals surface area (Å²) in [4.78, 5) is 13.3. The molecule has 0 radical (unpaired) electrons. The van der Waals surface area contributed by atoms with E-state index in [-0.39, 0.29) is 11.3 Å². The molecule has 0 saturated heterocycles. The molecule has 3 N–H and O–H groups in total. The van der Waals surface area contributed by atoms with Crippen molar-refractivity contribution in [3.05, 3.63) is 59.8 Å². The molecule has 0 atom stereocenters. The van der Waals surface area contributed by atoms with Gasteiger partial charge in [-0.25, -0.2) is 0 Å². The minimum absolute atomic E-state index is 0.0444. The third-order valence-corrected chi connectivity index (χ3v) is 4.00. The van der Waals surface area contributed by atoms with Crippen molar-refractivity contribution in [2.75, 3.05) is 16.9 Å². The molecule has 0 fully saturated rings. The van der Waals surface area contributed by atoms with Gasteiger partial charge in [0.2, 0.25) is 0 Å². The molecule has 24 heavy (non-hydrogen) atoms. The lowest BCUT2D eigenvalue weighted by atomic mass is 10.2. The second-order valence-electron chi connectivity index (χ2n) is 5.00. The average Bonchev–Trinajstić information content (AvgIpc) is 2.58. The fraction of sp³-hybridized carbons (Fsp3) is 0.111. The molecule has 0 aliphatic heterocycles. The van der Waals surface area contributed by atoms with E-state index in [0.29, 0.717) is 11.3 Å². The van der Waals surface area contributed by atoms with Crippen molar-refractivity contribution in [1.82, 2.24) is 0 Å². The maximum Gasteiger partial charge on any atom is 0.267 e. The summed E-state index contributed by atoms with van der Waals surface area (Å²) in [7, 11) is 0. The van der Waals surface area contributed by atoms with Crippen molar-refractivity contribution in [2.24, 2.45) is 0 Å². The van der Waals surface area contributed by atoms with E-state index in [0.717, 1.165) is 10.6 Å². The van der Waals surface area contributed by atoms with E-state index in [1.165, 1.54) is 18.3 Å². The second-order valence-corrected chi connectivity index (χ2v) is 5.88. The number of thioether (sulfide) groups is 1. The highest BCUT2D eigenvalue weighted by atomic mass is 32.2. The van der Waals surface area contributed by atoms with E-state index in [9.17, 15) is 15.2 Å². The van der Waals surface area contributed by atoms with Crippen LogP contribution >= 0.6 is 11.8 Å². The monoisotopic (exact) mass is 339 g/mol. The van der Waals surface area contributed by atoms with Crippen LogP contribution in [0.15, 0.2) is 59.1 Å². The van der Waals surface area contributed by atoms with Gasteiger partial charge < -0.3 is 15.7 Å². The van der Waals surface area contributed by atoms with Crippen LogP contribution in [0.3, 0.4) is 0 Å². The van der Waals surface area contributed by atoms with E-state index in [4.69, 9.17) is 0 Å². The van der Waals surface area contributed by atoms with E-state index in [1.807, 2.05) is 36.6 Å². The van der Waals surface area contributed by atoms with Crippen LogP contribution in [0, 0.1) is 18.3 Å². The molecule has 0 bridgehead atoms. The number of aromatic hydroxyl groups is 1. The van der Waals surface area contributed by atoms with Crippen LogP contribution in [0.4, 0.5) is 11.4 Å². The Hall–Kier alpha value is -2.91. The molecule has 1 amide bonds. The Balaban J connectivity index is 2.12. The smallest absolute Gasteiger partial charge is 0.267 e. The number of amides is 1. The Morgan fingerprint density at radius 2 is 2.08 bits per heavy atom. The topological polar surface area (TPSA) is 85.2 Å². The molecule has 5 nitrogen and oxygen atoms in total. The number of aryl methyl sites for hydroxylation is 1. The third-order valence-electron chi connectivity index (χ3n) is 3.28. The van der Waals surface area contributed by atoms with Crippen molar-refractivity contribution in [2.45, 2.75) is 11.8 Å². The first kappa shape index (κ1) is 17.4. The fourth-order valence-electron chi connectivity index (χ4n) is 1.99. The first-order valence-electron chi connectivity index (χ1n) is 7.15. The number of anilines is 2. The molecule has 122 valence electrons. The number of hydrogen-bond acceptors (Lipinski definition) is 5. The first-order chi connectivity index (χ1) is 11.5. The maximum atomic E-state index is 12.2. The number of nitrogens with one attached hydrogen (secondary N) is 2. The number of nitrogens with zero attached hydrogens (tertiary/aromatic N) is 1. The number of phenolic OH excluding ortho intramolecular Hbond substituents is 1. The molecular weight excluding hydrogens is 322 g/mol. The van der Waals surface area contributed by atoms with Gasteiger partial charge in [-0.2, -0.15) is 5.26 Å². The molecule has 0 heterocycles. The van der Waals surface area contributed by atoms with Crippen LogP contribution < -0.4 is 10.6 Å². The van der Waals surface area contributed by atoms with Gasteiger partial charge in [0.05, 0.1) is 0 Å². The minimum Gasteiger partial charge on any atom is -0.508 e. The van der Waals surface area contributed by atoms with Crippen molar-refractivity contribution < 1.29 is 9.90 Å². The third kappa shape index (κ3) is 4.54. The normalized spacial score (nSPS) is 10.8. The fourth-order valence-corrected chi connectivity index (χ4v) is 2.45. The van der Waals surface area contributed by atoms with E-state index >= 15 is 0 Å². The van der Waals surface area contributed by atoms with Gasteiger partial charge in [-0.3, -0.25) is 4.79 Å². The zero-order valence-electron chi connectivity index (χ0n) is 13.3. The summed E-state index contributed by atoms with van der Waals surface area (Å²) in [5, 5.41) is 24.2. The Morgan fingerprint density at radius 1 is 1.29 bits per heavy atom. The van der Waals surface area contributed by atoms with Crippen molar-refractivity contribution in [3.63, 3.8) is 0 Å². The predicted octanol–water partition coefficient (Wildman–Crippen LogP) is 3.88. The molecule has 0 aliphatic rings. The standard InChI is InChI=1S/C18H17N3O2S/c1-12-8-15(22)6-7-17(12)21-18(23)13(10-19)11-20-14-4-3-5-16(9-14)24-2/h3-9,11,20,22H,1-2H3,(H,21,23)/b13-11-. The highest BCUT2D eigenvalue weighted by molar-refractivity contribution is 7.98. The Kier molecular flexibility index (Phi) is 5.88. The van der Waals surface area contributed by atoms with Gasteiger partial charge in [0.25, 0.3) is 5.91 Å². The summed E-state index contributed by atoms with van der Waals surface area (Å²) in [6.07, 6.45) is 3.35. The van der Waals surface area contributed by atoms with Gasteiger partial charge in [0.15, 0.2) is 0 Å². The van der Waals surface area contributed by atoms with Gasteiger partial charge in [-0.15, -0.1) is 11.8 Å². The molecule has 6 heteroatoms. The molecule has 0 spiro atoms. The van der Waals surface area contributed by atoms with E-state index in [2.05, 4.69) is 10.6 Å². The van der Waals surface area contributed by atoms with E-state index in [1.54, 1.807) is 24.8 Å². The number of carbonyl (C=O) groups is 1. The molecule has 0 unspecified atom stereocenters. The Morgan fingerprint density at radius 3 is 2.75 bits per heavy atom. The van der Waals surface area contributed by atoms with Crippen LogP contribution in [0.25, 0.3) is 0 Å². The maximum absolute atomic E-state index is 12.2. The predicted molar refractivity (Wildman–Crippen MR) is 97.0 cm³/mol. The zero-order valence-corrected chi connectivity index (χ0v) is 14.1. The highest BCUT2D eigenvalue weighted by Gasteiger charge is 2.11. The van der Waals surface area contributed by atoms with Crippen LogP contribution in [0.1, 0.15) is 5.56 Å². The highest BCUT2D eigenvalue weighted by Crippen LogP contribution is 2.21. The van der Waals surface area contributed by atoms with Gasteiger partial charge in [-0.1, -0.05) is 6.07 Å². The second kappa shape index (κ2) is 8.09. The molecule has 0 aliphatic carbocycles. The molecule has 2 rings (SSSR count). The summed E-state index contributed by atoms with van der Waals surface area (Å²) in [5.74, 6) is -0.392. The van der Waals surface area contributed by atoms with Crippen LogP contribution in [-0.2, 0) is 4.79 Å². The summed E-state index contributed by atoms with van der Waals surface area (Å²) in [6.45, 7) is 1.76. The van der Waals surface area contributed by atoms with Crippen molar-refractivity contribution in [3.8, 4) is 11.8 Å². The average molecular weight is 339 g/mol. The van der Waals surface area contributed by atoms with Gasteiger partial charge in [0, 0.05) is 22.5 Å². The first-order valence-corrected chi connectivity index (χ1v) is 8.38. The molecular formula is C18H17N3O2S. The molecule has 2 aromatic carbocycles. The van der Waals surface area contributed by atoms with Gasteiger partial charge >= 0.3 is 0 Å². The summed E-state index contributed by atoms with van der Waals surface area (Å²) in [5.41, 5.74) is 2.00. The SMILES string of the molecule is CSc1cccc(N/C=C(/C#N)C(=O)Nc2ccc(O)cc2C)c1. The van der Waals surface area contributed by atoms with Crippen molar-refractivity contribution in [1.29, 1.82) is 5.26 Å². The summed E-state index contributed by atoms with van der Waals surface area (Å²) >= 11 is 1.61. The Labute approximate surface area is 145 Å². The molecule has 0 aromatic heterocycles. The number of phenols is 1. The van der Waals surface area contributed by atoms with Crippen LogP contribution in [0.2, 0.25) is 0 Å². The lowest BCUT2D eigenvalue weighted by molar-refractivity contribution is -0.112. The zero-order chi connectivity index (χ0) is 17.5. The summed E-state index contributed by atoms with van der Waals surface area (Å²) < 4.78 is 0. The number of hydrogen-bond donors (Lipinski definition) is 3. The Bertz CT molecular complexity index is 825. The lowest BCUT2D eigenvalue weighted by Crippen LogP contribution is -2.15. The largest absolute Gasteiger partial charge is 0.508 e. The van der Waals surface area contributed by atoms with Crippen molar-refractivity contribution >= 4 is 29.0 Å². The van der Waals surface area contributed by atoms with Crippen LogP contribution in [-0.4, -0.2) is 17.3 Å². The quantitative estimate of drug-likeness (QED) is 0.333. The number of nitriles is 1. The number of rotatable bonds is 5. The van der Waals surface area contributed by atoms with Gasteiger partial charge in [-0.05, 0) is 55.1 Å². The van der Waals surface area contributed by atoms with E-state index < -0.39 is 5.91 Å². The minimum atomic E-state index is -0.514. The number of benzene rings is 2.